The molecule has 4 heteroatoms. The molecule has 0 saturated heterocycles. The Kier molecular flexibility index (Phi) is 3.92. The average molecular weight is 295 g/mol. The van der Waals surface area contributed by atoms with Gasteiger partial charge in [-0.1, -0.05) is 35.0 Å². The van der Waals surface area contributed by atoms with Crippen molar-refractivity contribution in [1.82, 2.24) is 5.10 Å². The molecule has 0 bridgehead atoms. The Labute approximate surface area is 129 Å². The Hall–Kier alpha value is -2.62. The predicted octanol–water partition coefficient (Wildman–Crippen LogP) is 2.67. The summed E-state index contributed by atoms with van der Waals surface area (Å²) in [5.74, 6) is 1.51. The second-order valence-electron chi connectivity index (χ2n) is 5.17. The molecule has 0 atom stereocenters. The zero-order valence-corrected chi connectivity index (χ0v) is 13.0. The summed E-state index contributed by atoms with van der Waals surface area (Å²) < 4.78 is 12.7. The summed E-state index contributed by atoms with van der Waals surface area (Å²) >= 11 is 0. The van der Waals surface area contributed by atoms with Crippen LogP contribution in [0.25, 0.3) is 10.8 Å². The van der Waals surface area contributed by atoms with Crippen LogP contribution in [0.1, 0.15) is 11.3 Å². The molecule has 0 radical (unpaired) electrons. The summed E-state index contributed by atoms with van der Waals surface area (Å²) in [4.78, 5) is 0. The number of para-hydroxylation sites is 1. The van der Waals surface area contributed by atoms with Gasteiger partial charge in [0.15, 0.2) is 18.5 Å². The minimum atomic E-state index is 0.690. The van der Waals surface area contributed by atoms with Crippen LogP contribution in [0.4, 0.5) is 0 Å². The van der Waals surface area contributed by atoms with Gasteiger partial charge in [0.05, 0.1) is 14.2 Å². The van der Waals surface area contributed by atoms with Crippen LogP contribution in [0.5, 0.6) is 11.5 Å². The van der Waals surface area contributed by atoms with Crippen molar-refractivity contribution in [2.75, 3.05) is 14.2 Å². The van der Waals surface area contributed by atoms with E-state index in [1.54, 1.807) is 14.2 Å². The maximum Gasteiger partial charge on any atom is 0.203 e. The van der Waals surface area contributed by atoms with Crippen LogP contribution in [-0.2, 0) is 13.5 Å². The van der Waals surface area contributed by atoms with E-state index in [1.165, 1.54) is 5.39 Å². The summed E-state index contributed by atoms with van der Waals surface area (Å²) in [5.41, 5.74) is 2.08. The summed E-state index contributed by atoms with van der Waals surface area (Å²) in [6.07, 6.45) is 2.72. The molecule has 1 heterocycles. The molecule has 0 N–H and O–H groups in total. The lowest BCUT2D eigenvalue weighted by molar-refractivity contribution is -0.730. The molecule has 0 fully saturated rings. The first kappa shape index (κ1) is 14.3. The Balaban J connectivity index is 2.11. The van der Waals surface area contributed by atoms with Crippen molar-refractivity contribution >= 4 is 10.8 Å². The van der Waals surface area contributed by atoms with E-state index in [9.17, 15) is 0 Å². The van der Waals surface area contributed by atoms with Gasteiger partial charge in [-0.05, 0) is 17.2 Å². The third-order valence-electron chi connectivity index (χ3n) is 3.72. The van der Waals surface area contributed by atoms with Gasteiger partial charge in [0, 0.05) is 22.8 Å². The van der Waals surface area contributed by atoms with Gasteiger partial charge in [0.25, 0.3) is 0 Å². The Morgan fingerprint density at radius 2 is 1.82 bits per heavy atom. The minimum absolute atomic E-state index is 0.690. The maximum atomic E-state index is 5.52. The lowest BCUT2D eigenvalue weighted by atomic mass is 10.0. The van der Waals surface area contributed by atoms with Gasteiger partial charge >= 0.3 is 0 Å². The maximum absolute atomic E-state index is 5.52. The number of hydrogen-bond acceptors (Lipinski definition) is 3. The van der Waals surface area contributed by atoms with E-state index in [2.05, 4.69) is 17.2 Å². The minimum Gasteiger partial charge on any atom is -0.493 e. The summed E-state index contributed by atoms with van der Waals surface area (Å²) in [6.45, 7) is 0. The first-order chi connectivity index (χ1) is 10.7. The normalized spacial score (nSPS) is 10.7. The van der Waals surface area contributed by atoms with Crippen molar-refractivity contribution in [3.8, 4) is 11.5 Å². The topological polar surface area (TPSA) is 35.2 Å². The van der Waals surface area contributed by atoms with Crippen molar-refractivity contribution in [3.63, 3.8) is 0 Å². The molecule has 0 aliphatic heterocycles. The fourth-order valence-corrected chi connectivity index (χ4v) is 2.75. The average Bonchev–Trinajstić information content (AvgIpc) is 2.54. The van der Waals surface area contributed by atoms with Crippen LogP contribution in [0.3, 0.4) is 0 Å². The van der Waals surface area contributed by atoms with Crippen molar-refractivity contribution in [2.24, 2.45) is 7.05 Å². The third-order valence-corrected chi connectivity index (χ3v) is 3.72. The standard InChI is InChI=1S/C18H19N2O2/c1-20-12-14-7-4-5-9-15(14)16(19-20)11-13-8-6-10-17(21-2)18(13)22-3/h4-10,12H,11H2,1-3H3/q+1. The number of aryl methyl sites for hydroxylation is 1. The SMILES string of the molecule is COc1cccc(Cc2n[n+](C)cc3ccccc23)c1OC. The molecule has 0 spiro atoms. The fraction of sp³-hybridized carbons (Fsp3) is 0.222. The molecule has 1 aromatic heterocycles. The first-order valence-corrected chi connectivity index (χ1v) is 7.17. The molecule has 3 rings (SSSR count). The number of benzene rings is 2. The van der Waals surface area contributed by atoms with Gasteiger partial charge < -0.3 is 9.47 Å². The highest BCUT2D eigenvalue weighted by molar-refractivity contribution is 5.83. The monoisotopic (exact) mass is 295 g/mol. The predicted molar refractivity (Wildman–Crippen MR) is 85.3 cm³/mol. The highest BCUT2D eigenvalue weighted by Gasteiger charge is 2.15. The molecule has 0 aliphatic rings. The molecule has 112 valence electrons. The lowest BCUT2D eigenvalue weighted by Crippen LogP contribution is -2.33. The second-order valence-corrected chi connectivity index (χ2v) is 5.17. The van der Waals surface area contributed by atoms with E-state index in [0.717, 1.165) is 28.1 Å². The second kappa shape index (κ2) is 6.02. The fourth-order valence-electron chi connectivity index (χ4n) is 2.75. The molecule has 0 unspecified atom stereocenters. The largest absolute Gasteiger partial charge is 0.493 e. The Bertz CT molecular complexity index is 815. The van der Waals surface area contributed by atoms with Crippen molar-refractivity contribution in [2.45, 2.75) is 6.42 Å². The van der Waals surface area contributed by atoms with E-state index in [1.807, 2.05) is 48.3 Å². The van der Waals surface area contributed by atoms with Crippen LogP contribution >= 0.6 is 0 Å². The first-order valence-electron chi connectivity index (χ1n) is 7.17. The molecular formula is C18H19N2O2+. The third kappa shape index (κ3) is 2.60. The molecule has 0 saturated carbocycles. The molecule has 3 aromatic rings. The molecule has 0 amide bonds. The smallest absolute Gasteiger partial charge is 0.203 e. The lowest BCUT2D eigenvalue weighted by Gasteiger charge is -2.12. The van der Waals surface area contributed by atoms with Gasteiger partial charge in [-0.3, -0.25) is 0 Å². The number of ether oxygens (including phenoxy) is 2. The summed E-state index contributed by atoms with van der Waals surface area (Å²) in [6, 6.07) is 14.2. The quantitative estimate of drug-likeness (QED) is 0.694. The number of aromatic nitrogens is 2. The molecule has 22 heavy (non-hydrogen) atoms. The van der Waals surface area contributed by atoms with Gasteiger partial charge in [-0.2, -0.15) is 0 Å². The van der Waals surface area contributed by atoms with E-state index in [-0.39, 0.29) is 0 Å². The number of rotatable bonds is 4. The highest BCUT2D eigenvalue weighted by atomic mass is 16.5. The van der Waals surface area contributed by atoms with Crippen LogP contribution in [0.15, 0.2) is 48.7 Å². The number of methoxy groups -OCH3 is 2. The van der Waals surface area contributed by atoms with Crippen molar-refractivity contribution in [3.05, 3.63) is 59.9 Å². The van der Waals surface area contributed by atoms with Crippen molar-refractivity contribution in [1.29, 1.82) is 0 Å². The van der Waals surface area contributed by atoms with Crippen LogP contribution < -0.4 is 14.2 Å². The van der Waals surface area contributed by atoms with Gasteiger partial charge in [-0.25, -0.2) is 0 Å². The van der Waals surface area contributed by atoms with E-state index < -0.39 is 0 Å². The summed E-state index contributed by atoms with van der Waals surface area (Å²) in [7, 11) is 5.26. The Morgan fingerprint density at radius 1 is 1.00 bits per heavy atom. The Morgan fingerprint density at radius 3 is 2.59 bits per heavy atom. The van der Waals surface area contributed by atoms with Gasteiger partial charge in [0.2, 0.25) is 6.20 Å². The molecule has 4 nitrogen and oxygen atoms in total. The van der Waals surface area contributed by atoms with Crippen LogP contribution in [-0.4, -0.2) is 19.3 Å². The van der Waals surface area contributed by atoms with Gasteiger partial charge in [0.1, 0.15) is 5.69 Å². The van der Waals surface area contributed by atoms with Gasteiger partial charge in [-0.15, -0.1) is 0 Å². The van der Waals surface area contributed by atoms with E-state index in [0.29, 0.717) is 6.42 Å². The molecular weight excluding hydrogens is 276 g/mol. The van der Waals surface area contributed by atoms with Crippen LogP contribution in [0.2, 0.25) is 0 Å². The number of nitrogens with zero attached hydrogens (tertiary/aromatic N) is 2. The molecule has 2 aromatic carbocycles. The van der Waals surface area contributed by atoms with Crippen LogP contribution in [0, 0.1) is 0 Å². The van der Waals surface area contributed by atoms with E-state index >= 15 is 0 Å². The zero-order valence-electron chi connectivity index (χ0n) is 13.0. The summed E-state index contributed by atoms with van der Waals surface area (Å²) in [5, 5.41) is 6.98. The highest BCUT2D eigenvalue weighted by Crippen LogP contribution is 2.32. The zero-order chi connectivity index (χ0) is 15.5. The molecule has 0 aliphatic carbocycles. The number of fused-ring (bicyclic) bond motifs is 1. The van der Waals surface area contributed by atoms with Crippen molar-refractivity contribution < 1.29 is 14.2 Å². The van der Waals surface area contributed by atoms with E-state index in [4.69, 9.17) is 9.47 Å². The number of hydrogen-bond donors (Lipinski definition) is 0.